The van der Waals surface area contributed by atoms with Crippen LogP contribution in [0.4, 0.5) is 0 Å². The van der Waals surface area contributed by atoms with E-state index in [9.17, 15) is 9.59 Å². The first-order chi connectivity index (χ1) is 8.54. The Kier molecular flexibility index (Phi) is 5.80. The number of rotatable bonds is 6. The van der Waals surface area contributed by atoms with Crippen LogP contribution in [0.1, 0.15) is 19.3 Å². The van der Waals surface area contributed by atoms with Gasteiger partial charge in [-0.25, -0.2) is 4.79 Å². The number of hydrogen-bond donors (Lipinski definition) is 2. The molecule has 0 radical (unpaired) electrons. The Hall–Kier alpha value is -1.40. The zero-order valence-electron chi connectivity index (χ0n) is 10.4. The lowest BCUT2D eigenvalue weighted by Crippen LogP contribution is -2.48. The van der Waals surface area contributed by atoms with E-state index in [1.807, 2.05) is 0 Å². The molecule has 1 rings (SSSR count). The number of aliphatic carboxylic acids is 1. The van der Waals surface area contributed by atoms with Gasteiger partial charge in [0.2, 0.25) is 5.91 Å². The SMILES string of the molecule is C=CCC(N)C(=O)N1CCC(OCC(=O)O)CC1. The maximum atomic E-state index is 11.9. The minimum atomic E-state index is -0.971. The van der Waals surface area contributed by atoms with Crippen molar-refractivity contribution in [1.82, 2.24) is 4.90 Å². The van der Waals surface area contributed by atoms with Gasteiger partial charge in [0.25, 0.3) is 0 Å². The number of hydrogen-bond acceptors (Lipinski definition) is 4. The summed E-state index contributed by atoms with van der Waals surface area (Å²) < 4.78 is 5.20. The Morgan fingerprint density at radius 1 is 1.50 bits per heavy atom. The van der Waals surface area contributed by atoms with Crippen LogP contribution in [0.2, 0.25) is 0 Å². The molecule has 0 bridgehead atoms. The van der Waals surface area contributed by atoms with Gasteiger partial charge < -0.3 is 20.5 Å². The lowest BCUT2D eigenvalue weighted by molar-refractivity contribution is -0.147. The molecule has 1 aliphatic rings. The Morgan fingerprint density at radius 3 is 2.61 bits per heavy atom. The van der Waals surface area contributed by atoms with Gasteiger partial charge in [0.05, 0.1) is 12.1 Å². The molecule has 102 valence electrons. The molecule has 18 heavy (non-hydrogen) atoms. The van der Waals surface area contributed by atoms with Crippen LogP contribution in [0.15, 0.2) is 12.7 Å². The van der Waals surface area contributed by atoms with E-state index in [1.165, 1.54) is 0 Å². The average Bonchev–Trinajstić information content (AvgIpc) is 2.36. The lowest BCUT2D eigenvalue weighted by atomic mass is 10.1. The lowest BCUT2D eigenvalue weighted by Gasteiger charge is -2.33. The predicted octanol–water partition coefficient (Wildman–Crippen LogP) is -0.0180. The second kappa shape index (κ2) is 7.13. The summed E-state index contributed by atoms with van der Waals surface area (Å²) in [6, 6.07) is -0.529. The normalized spacial score (nSPS) is 18.4. The van der Waals surface area contributed by atoms with E-state index in [4.69, 9.17) is 15.6 Å². The zero-order chi connectivity index (χ0) is 13.5. The number of carboxylic acid groups (broad SMARTS) is 1. The minimum absolute atomic E-state index is 0.0772. The molecule has 1 heterocycles. The van der Waals surface area contributed by atoms with Gasteiger partial charge in [-0.05, 0) is 19.3 Å². The Labute approximate surface area is 106 Å². The molecular formula is C12H20N2O4. The summed E-state index contributed by atoms with van der Waals surface area (Å²) >= 11 is 0. The number of carbonyl (C=O) groups is 2. The van der Waals surface area contributed by atoms with Crippen molar-refractivity contribution >= 4 is 11.9 Å². The molecule has 0 aliphatic carbocycles. The molecule has 0 aromatic heterocycles. The number of likely N-dealkylation sites (tertiary alicyclic amines) is 1. The molecule has 1 amide bonds. The molecule has 1 aliphatic heterocycles. The molecule has 6 nitrogen and oxygen atoms in total. The molecule has 1 saturated heterocycles. The third kappa shape index (κ3) is 4.46. The van der Waals surface area contributed by atoms with E-state index >= 15 is 0 Å². The van der Waals surface area contributed by atoms with Gasteiger partial charge in [-0.1, -0.05) is 6.08 Å². The maximum Gasteiger partial charge on any atom is 0.329 e. The van der Waals surface area contributed by atoms with Gasteiger partial charge in [0.15, 0.2) is 0 Å². The summed E-state index contributed by atoms with van der Waals surface area (Å²) in [6.45, 7) is 4.40. The van der Waals surface area contributed by atoms with E-state index in [-0.39, 0.29) is 18.6 Å². The number of amides is 1. The third-order valence-corrected chi connectivity index (χ3v) is 2.93. The van der Waals surface area contributed by atoms with E-state index in [0.717, 1.165) is 0 Å². The van der Waals surface area contributed by atoms with Crippen LogP contribution in [0.3, 0.4) is 0 Å². The predicted molar refractivity (Wildman–Crippen MR) is 66.0 cm³/mol. The van der Waals surface area contributed by atoms with E-state index in [2.05, 4.69) is 6.58 Å². The van der Waals surface area contributed by atoms with Gasteiger partial charge in [-0.2, -0.15) is 0 Å². The highest BCUT2D eigenvalue weighted by Gasteiger charge is 2.26. The third-order valence-electron chi connectivity index (χ3n) is 2.93. The largest absolute Gasteiger partial charge is 0.480 e. The first-order valence-electron chi connectivity index (χ1n) is 6.03. The summed E-state index contributed by atoms with van der Waals surface area (Å²) in [7, 11) is 0. The molecule has 3 N–H and O–H groups in total. The van der Waals surface area contributed by atoms with Gasteiger partial charge in [0.1, 0.15) is 6.61 Å². The maximum absolute atomic E-state index is 11.9. The molecule has 1 atom stereocenters. The number of nitrogens with zero attached hydrogens (tertiary/aromatic N) is 1. The molecule has 6 heteroatoms. The van der Waals surface area contributed by atoms with Crippen molar-refractivity contribution in [2.75, 3.05) is 19.7 Å². The van der Waals surface area contributed by atoms with E-state index in [0.29, 0.717) is 32.4 Å². The molecule has 0 spiro atoms. The number of carboxylic acids is 1. The van der Waals surface area contributed by atoms with Crippen molar-refractivity contribution < 1.29 is 19.4 Å². The van der Waals surface area contributed by atoms with Crippen LogP contribution in [-0.4, -0.2) is 53.7 Å². The highest BCUT2D eigenvalue weighted by atomic mass is 16.5. The number of piperidine rings is 1. The minimum Gasteiger partial charge on any atom is -0.480 e. The summed E-state index contributed by atoms with van der Waals surface area (Å²) in [5.41, 5.74) is 5.72. The molecule has 1 fully saturated rings. The summed E-state index contributed by atoms with van der Waals surface area (Å²) in [5, 5.41) is 8.50. The van der Waals surface area contributed by atoms with Gasteiger partial charge in [-0.3, -0.25) is 4.79 Å². The van der Waals surface area contributed by atoms with Crippen molar-refractivity contribution in [3.63, 3.8) is 0 Å². The molecule has 0 aromatic carbocycles. The van der Waals surface area contributed by atoms with E-state index in [1.54, 1.807) is 11.0 Å². The second-order valence-corrected chi connectivity index (χ2v) is 4.36. The second-order valence-electron chi connectivity index (χ2n) is 4.36. The average molecular weight is 256 g/mol. The smallest absolute Gasteiger partial charge is 0.329 e. The van der Waals surface area contributed by atoms with Gasteiger partial charge >= 0.3 is 5.97 Å². The van der Waals surface area contributed by atoms with Crippen molar-refractivity contribution in [2.45, 2.75) is 31.4 Å². The van der Waals surface area contributed by atoms with Crippen molar-refractivity contribution in [2.24, 2.45) is 5.73 Å². The number of ether oxygens (including phenoxy) is 1. The highest BCUT2D eigenvalue weighted by molar-refractivity contribution is 5.81. The van der Waals surface area contributed by atoms with Crippen LogP contribution < -0.4 is 5.73 Å². The summed E-state index contributed by atoms with van der Waals surface area (Å²) in [5.74, 6) is -1.05. The Bertz CT molecular complexity index is 311. The van der Waals surface area contributed by atoms with Crippen LogP contribution in [0, 0.1) is 0 Å². The topological polar surface area (TPSA) is 92.9 Å². The van der Waals surface area contributed by atoms with Crippen molar-refractivity contribution in [1.29, 1.82) is 0 Å². The first kappa shape index (κ1) is 14.7. The van der Waals surface area contributed by atoms with Crippen LogP contribution in [0.25, 0.3) is 0 Å². The standard InChI is InChI=1S/C12H20N2O4/c1-2-3-10(13)12(17)14-6-4-9(5-7-14)18-8-11(15)16/h2,9-10H,1,3-8,13H2,(H,15,16). The summed E-state index contributed by atoms with van der Waals surface area (Å²) in [4.78, 5) is 23.9. The van der Waals surface area contributed by atoms with Crippen LogP contribution in [-0.2, 0) is 14.3 Å². The monoisotopic (exact) mass is 256 g/mol. The van der Waals surface area contributed by atoms with Gasteiger partial charge in [0, 0.05) is 13.1 Å². The molecular weight excluding hydrogens is 236 g/mol. The fourth-order valence-electron chi connectivity index (χ4n) is 1.95. The molecule has 0 aromatic rings. The first-order valence-corrected chi connectivity index (χ1v) is 6.03. The van der Waals surface area contributed by atoms with Crippen LogP contribution in [0.5, 0.6) is 0 Å². The molecule has 1 unspecified atom stereocenters. The van der Waals surface area contributed by atoms with E-state index < -0.39 is 12.0 Å². The number of carbonyl (C=O) groups excluding carboxylic acids is 1. The summed E-state index contributed by atoms with van der Waals surface area (Å²) in [6.07, 6.45) is 3.32. The Balaban J connectivity index is 2.32. The van der Waals surface area contributed by atoms with Crippen LogP contribution >= 0.6 is 0 Å². The number of nitrogens with two attached hydrogens (primary N) is 1. The fourth-order valence-corrected chi connectivity index (χ4v) is 1.95. The van der Waals surface area contributed by atoms with Crippen molar-refractivity contribution in [3.8, 4) is 0 Å². The fraction of sp³-hybridized carbons (Fsp3) is 0.667. The molecule has 0 saturated carbocycles. The highest BCUT2D eigenvalue weighted by Crippen LogP contribution is 2.14. The van der Waals surface area contributed by atoms with Gasteiger partial charge in [-0.15, -0.1) is 6.58 Å². The Morgan fingerprint density at radius 2 is 2.11 bits per heavy atom. The van der Waals surface area contributed by atoms with Crippen molar-refractivity contribution in [3.05, 3.63) is 12.7 Å². The quantitative estimate of drug-likeness (QED) is 0.652. The zero-order valence-corrected chi connectivity index (χ0v) is 10.4.